The predicted octanol–water partition coefficient (Wildman–Crippen LogP) is 1.65. The molecule has 0 amide bonds. The number of nitrogens with two attached hydrogens (primary N) is 1. The van der Waals surface area contributed by atoms with E-state index in [1.807, 2.05) is 0 Å². The van der Waals surface area contributed by atoms with Gasteiger partial charge in [-0.25, -0.2) is 0 Å². The summed E-state index contributed by atoms with van der Waals surface area (Å²) in [5.74, 6) is 5.23. The molecule has 0 aromatic heterocycles. The van der Waals surface area contributed by atoms with E-state index >= 15 is 0 Å². The molecule has 2 nitrogen and oxygen atoms in total. The summed E-state index contributed by atoms with van der Waals surface area (Å²) in [4.78, 5) is 2.69. The van der Waals surface area contributed by atoms with Gasteiger partial charge in [-0.1, -0.05) is 0 Å². The highest BCUT2D eigenvalue weighted by molar-refractivity contribution is 7.99. The lowest BCUT2D eigenvalue weighted by Gasteiger charge is -2.45. The van der Waals surface area contributed by atoms with Gasteiger partial charge in [0, 0.05) is 30.1 Å². The molecule has 0 saturated carbocycles. The van der Waals surface area contributed by atoms with Gasteiger partial charge in [0.15, 0.2) is 0 Å². The average molecular weight is 246 g/mol. The van der Waals surface area contributed by atoms with E-state index in [2.05, 4.69) is 28.4 Å². The van der Waals surface area contributed by atoms with Gasteiger partial charge in [-0.15, -0.1) is 0 Å². The zero-order valence-corrected chi connectivity index (χ0v) is 11.0. The van der Waals surface area contributed by atoms with Crippen molar-refractivity contribution < 1.29 is 0 Å². The van der Waals surface area contributed by atoms with Crippen molar-refractivity contribution in [2.45, 2.75) is 24.8 Å². The fourth-order valence-electron chi connectivity index (χ4n) is 2.60. The first-order chi connectivity index (χ1) is 7.37. The molecule has 2 heterocycles. The smallest absolute Gasteiger partial charge is 0.0422 e. The van der Waals surface area contributed by atoms with Gasteiger partial charge in [-0.05, 0) is 37.3 Å². The molecule has 0 radical (unpaired) electrons. The first-order valence-corrected chi connectivity index (χ1v) is 8.29. The van der Waals surface area contributed by atoms with Crippen LogP contribution in [0.15, 0.2) is 0 Å². The maximum absolute atomic E-state index is 6.06. The number of thioether (sulfide) groups is 2. The fourth-order valence-corrected chi connectivity index (χ4v) is 4.80. The van der Waals surface area contributed by atoms with Crippen LogP contribution in [0.4, 0.5) is 0 Å². The monoisotopic (exact) mass is 246 g/mol. The van der Waals surface area contributed by atoms with Gasteiger partial charge in [0.25, 0.3) is 0 Å². The van der Waals surface area contributed by atoms with Gasteiger partial charge in [-0.2, -0.15) is 23.5 Å². The van der Waals surface area contributed by atoms with E-state index in [9.17, 15) is 0 Å². The third-order valence-electron chi connectivity index (χ3n) is 3.57. The first kappa shape index (κ1) is 12.1. The molecule has 2 aliphatic heterocycles. The van der Waals surface area contributed by atoms with E-state index in [1.165, 1.54) is 55.4 Å². The molecular weight excluding hydrogens is 224 g/mol. The average Bonchev–Trinajstić information content (AvgIpc) is 2.59. The Labute approximate surface area is 102 Å². The summed E-state index contributed by atoms with van der Waals surface area (Å²) in [6, 6.07) is 0. The van der Waals surface area contributed by atoms with E-state index in [0.29, 0.717) is 5.54 Å². The van der Waals surface area contributed by atoms with Gasteiger partial charge in [0.1, 0.15) is 0 Å². The van der Waals surface area contributed by atoms with E-state index in [-0.39, 0.29) is 0 Å². The van der Waals surface area contributed by atoms with Gasteiger partial charge in [0.2, 0.25) is 0 Å². The summed E-state index contributed by atoms with van der Waals surface area (Å²) in [6.45, 7) is 3.37. The molecule has 0 aromatic carbocycles. The topological polar surface area (TPSA) is 29.3 Å². The van der Waals surface area contributed by atoms with E-state index in [4.69, 9.17) is 5.73 Å². The van der Waals surface area contributed by atoms with Crippen LogP contribution in [0.5, 0.6) is 0 Å². The molecule has 0 aliphatic carbocycles. The van der Waals surface area contributed by atoms with Crippen molar-refractivity contribution in [1.29, 1.82) is 0 Å². The molecule has 88 valence electrons. The summed E-state index contributed by atoms with van der Waals surface area (Å²) in [6.07, 6.45) is 4.02. The van der Waals surface area contributed by atoms with Gasteiger partial charge in [0.05, 0.1) is 0 Å². The van der Waals surface area contributed by atoms with E-state index < -0.39 is 0 Å². The number of nitrogens with zero attached hydrogens (tertiary/aromatic N) is 1. The SMILES string of the molecule is NCC1(N2CCCSCC2)CCCSC1. The first-order valence-electron chi connectivity index (χ1n) is 5.98. The lowest BCUT2D eigenvalue weighted by atomic mass is 9.93. The Kier molecular flexibility index (Phi) is 4.68. The van der Waals surface area contributed by atoms with Crippen LogP contribution in [0, 0.1) is 0 Å². The van der Waals surface area contributed by atoms with Crippen LogP contribution in [0.1, 0.15) is 19.3 Å². The minimum atomic E-state index is 0.341. The van der Waals surface area contributed by atoms with Crippen LogP contribution < -0.4 is 5.73 Å². The van der Waals surface area contributed by atoms with Crippen LogP contribution in [0.2, 0.25) is 0 Å². The Morgan fingerprint density at radius 1 is 1.07 bits per heavy atom. The number of hydrogen-bond donors (Lipinski definition) is 1. The molecule has 2 fully saturated rings. The summed E-state index contributed by atoms with van der Waals surface area (Å²) < 4.78 is 0. The summed E-state index contributed by atoms with van der Waals surface area (Å²) in [5.41, 5.74) is 6.40. The maximum Gasteiger partial charge on any atom is 0.0422 e. The van der Waals surface area contributed by atoms with Crippen molar-refractivity contribution in [3.05, 3.63) is 0 Å². The van der Waals surface area contributed by atoms with Gasteiger partial charge in [-0.3, -0.25) is 4.90 Å². The second kappa shape index (κ2) is 5.80. The Morgan fingerprint density at radius 2 is 1.93 bits per heavy atom. The Balaban J connectivity index is 2.01. The highest BCUT2D eigenvalue weighted by Gasteiger charge is 2.36. The van der Waals surface area contributed by atoms with Crippen molar-refractivity contribution in [1.82, 2.24) is 4.90 Å². The molecule has 15 heavy (non-hydrogen) atoms. The molecule has 2 saturated heterocycles. The second-order valence-corrected chi connectivity index (χ2v) is 6.87. The van der Waals surface area contributed by atoms with Crippen molar-refractivity contribution in [2.24, 2.45) is 5.73 Å². The van der Waals surface area contributed by atoms with Gasteiger partial charge >= 0.3 is 0 Å². The van der Waals surface area contributed by atoms with E-state index in [0.717, 1.165) is 6.54 Å². The Bertz CT molecular complexity index is 185. The highest BCUT2D eigenvalue weighted by atomic mass is 32.2. The van der Waals surface area contributed by atoms with Crippen LogP contribution in [-0.4, -0.2) is 53.1 Å². The van der Waals surface area contributed by atoms with Crippen molar-refractivity contribution in [3.8, 4) is 0 Å². The molecule has 1 atom stereocenters. The largest absolute Gasteiger partial charge is 0.329 e. The molecule has 2 aliphatic rings. The summed E-state index contributed by atoms with van der Waals surface area (Å²) >= 11 is 4.20. The Hall–Kier alpha value is 0.620. The third kappa shape index (κ3) is 2.84. The maximum atomic E-state index is 6.06. The Morgan fingerprint density at radius 3 is 2.67 bits per heavy atom. The van der Waals surface area contributed by atoms with E-state index in [1.54, 1.807) is 0 Å². The minimum absolute atomic E-state index is 0.341. The predicted molar refractivity (Wildman–Crippen MR) is 71.9 cm³/mol. The van der Waals surface area contributed by atoms with Crippen molar-refractivity contribution in [3.63, 3.8) is 0 Å². The molecule has 0 bridgehead atoms. The summed E-state index contributed by atoms with van der Waals surface area (Å²) in [7, 11) is 0. The third-order valence-corrected chi connectivity index (χ3v) is 5.94. The molecule has 0 spiro atoms. The molecule has 4 heteroatoms. The fraction of sp³-hybridized carbons (Fsp3) is 1.00. The van der Waals surface area contributed by atoms with Crippen LogP contribution in [-0.2, 0) is 0 Å². The van der Waals surface area contributed by atoms with Crippen molar-refractivity contribution >= 4 is 23.5 Å². The van der Waals surface area contributed by atoms with Crippen LogP contribution in [0.3, 0.4) is 0 Å². The normalized spacial score (nSPS) is 35.0. The van der Waals surface area contributed by atoms with Crippen LogP contribution >= 0.6 is 23.5 Å². The standard InChI is InChI=1S/C11H22N2S2/c12-9-11(3-1-6-15-10-11)13-4-2-7-14-8-5-13/h1-10,12H2. The second-order valence-electron chi connectivity index (χ2n) is 4.54. The lowest BCUT2D eigenvalue weighted by Crippen LogP contribution is -2.57. The quantitative estimate of drug-likeness (QED) is 0.802. The number of rotatable bonds is 2. The molecule has 2 rings (SSSR count). The van der Waals surface area contributed by atoms with Gasteiger partial charge < -0.3 is 5.73 Å². The molecule has 1 unspecified atom stereocenters. The highest BCUT2D eigenvalue weighted by Crippen LogP contribution is 2.32. The minimum Gasteiger partial charge on any atom is -0.329 e. The summed E-state index contributed by atoms with van der Waals surface area (Å²) in [5, 5.41) is 0. The molecule has 2 N–H and O–H groups in total. The lowest BCUT2D eigenvalue weighted by molar-refractivity contribution is 0.112. The number of hydrogen-bond acceptors (Lipinski definition) is 4. The van der Waals surface area contributed by atoms with Crippen molar-refractivity contribution in [2.75, 3.05) is 42.6 Å². The zero-order valence-electron chi connectivity index (χ0n) is 9.41. The molecule has 0 aromatic rings. The molecular formula is C11H22N2S2. The van der Waals surface area contributed by atoms with Crippen LogP contribution in [0.25, 0.3) is 0 Å². The zero-order chi connectivity index (χ0) is 10.6.